The van der Waals surface area contributed by atoms with Gasteiger partial charge in [0.1, 0.15) is 11.5 Å². The fourth-order valence-corrected chi connectivity index (χ4v) is 2.04. The van der Waals surface area contributed by atoms with Gasteiger partial charge in [-0.1, -0.05) is 6.92 Å². The summed E-state index contributed by atoms with van der Waals surface area (Å²) in [5.41, 5.74) is 0. The highest BCUT2D eigenvalue weighted by Gasteiger charge is 2.36. The number of carbonyl (C=O) groups excluding carboxylic acids is 1. The number of hydrogen-bond acceptors (Lipinski definition) is 4. The number of ether oxygens (including phenoxy) is 1. The van der Waals surface area contributed by atoms with Crippen molar-refractivity contribution in [3.05, 3.63) is 23.7 Å². The molecule has 18 heavy (non-hydrogen) atoms. The molecule has 0 bridgehead atoms. The molecule has 0 amide bonds. The van der Waals surface area contributed by atoms with Gasteiger partial charge in [0.25, 0.3) is 0 Å². The van der Waals surface area contributed by atoms with Crippen molar-refractivity contribution in [2.75, 3.05) is 13.2 Å². The second-order valence-electron chi connectivity index (χ2n) is 4.86. The first-order chi connectivity index (χ1) is 8.70. The lowest BCUT2D eigenvalue weighted by molar-refractivity contribution is -0.142. The van der Waals surface area contributed by atoms with E-state index in [0.29, 0.717) is 32.0 Å². The molecule has 100 valence electrons. The Labute approximate surface area is 108 Å². The lowest BCUT2D eigenvalue weighted by atomic mass is 10.3. The van der Waals surface area contributed by atoms with E-state index in [2.05, 4.69) is 18.3 Å². The highest BCUT2D eigenvalue weighted by atomic mass is 16.5. The first-order valence-corrected chi connectivity index (χ1v) is 6.65. The van der Waals surface area contributed by atoms with Crippen LogP contribution in [0, 0.1) is 5.92 Å². The molecule has 1 fully saturated rings. The van der Waals surface area contributed by atoms with Gasteiger partial charge < -0.3 is 14.5 Å². The van der Waals surface area contributed by atoms with E-state index >= 15 is 0 Å². The number of furan rings is 1. The molecule has 0 saturated heterocycles. The van der Waals surface area contributed by atoms with Crippen LogP contribution in [0.5, 0.6) is 0 Å². The molecule has 2 rings (SSSR count). The lowest BCUT2D eigenvalue weighted by Gasteiger charge is -2.03. The van der Waals surface area contributed by atoms with Gasteiger partial charge in [-0.25, -0.2) is 0 Å². The molecular weight excluding hydrogens is 230 g/mol. The molecule has 2 atom stereocenters. The minimum atomic E-state index is -0.156. The molecule has 1 saturated carbocycles. The maximum absolute atomic E-state index is 11.1. The van der Waals surface area contributed by atoms with Gasteiger partial charge in [-0.15, -0.1) is 0 Å². The number of nitrogens with one attached hydrogen (secondary N) is 1. The van der Waals surface area contributed by atoms with Gasteiger partial charge in [0, 0.05) is 12.5 Å². The standard InChI is InChI=1S/C14H21NO3/c1-3-17-14(16)6-7-15-9-11-4-5-13(18-11)12-8-10(12)2/h4-5,10,12,15H,3,6-9H2,1-2H3. The van der Waals surface area contributed by atoms with Crippen molar-refractivity contribution in [3.63, 3.8) is 0 Å². The molecule has 0 radical (unpaired) electrons. The Morgan fingerprint density at radius 3 is 3.00 bits per heavy atom. The quantitative estimate of drug-likeness (QED) is 0.597. The molecule has 0 spiro atoms. The van der Waals surface area contributed by atoms with Crippen LogP contribution >= 0.6 is 0 Å². The second kappa shape index (κ2) is 6.05. The van der Waals surface area contributed by atoms with Gasteiger partial charge in [0.15, 0.2) is 0 Å². The molecule has 0 aromatic carbocycles. The summed E-state index contributed by atoms with van der Waals surface area (Å²) in [5, 5.41) is 3.18. The molecule has 0 aliphatic heterocycles. The Bertz CT molecular complexity index is 399. The van der Waals surface area contributed by atoms with Crippen LogP contribution in [0.25, 0.3) is 0 Å². The SMILES string of the molecule is CCOC(=O)CCNCc1ccc(C2CC2C)o1. The third-order valence-corrected chi connectivity index (χ3v) is 3.27. The van der Waals surface area contributed by atoms with E-state index in [0.717, 1.165) is 17.4 Å². The Hall–Kier alpha value is -1.29. The predicted molar refractivity (Wildman–Crippen MR) is 68.2 cm³/mol. The van der Waals surface area contributed by atoms with Gasteiger partial charge in [0.05, 0.1) is 19.6 Å². The van der Waals surface area contributed by atoms with Crippen molar-refractivity contribution < 1.29 is 13.9 Å². The summed E-state index contributed by atoms with van der Waals surface area (Å²) in [5.74, 6) is 3.27. The molecule has 1 heterocycles. The van der Waals surface area contributed by atoms with E-state index in [1.807, 2.05) is 13.0 Å². The predicted octanol–water partition coefficient (Wildman–Crippen LogP) is 2.45. The van der Waals surface area contributed by atoms with Crippen LogP contribution in [0.4, 0.5) is 0 Å². The number of carbonyl (C=O) groups is 1. The molecular formula is C14H21NO3. The topological polar surface area (TPSA) is 51.5 Å². The largest absolute Gasteiger partial charge is 0.466 e. The van der Waals surface area contributed by atoms with E-state index in [-0.39, 0.29) is 5.97 Å². The zero-order valence-electron chi connectivity index (χ0n) is 11.1. The van der Waals surface area contributed by atoms with Crippen molar-refractivity contribution in [2.24, 2.45) is 5.92 Å². The maximum atomic E-state index is 11.1. The summed E-state index contributed by atoms with van der Waals surface area (Å²) in [7, 11) is 0. The first-order valence-electron chi connectivity index (χ1n) is 6.65. The van der Waals surface area contributed by atoms with Crippen molar-refractivity contribution in [1.82, 2.24) is 5.32 Å². The maximum Gasteiger partial charge on any atom is 0.307 e. The average molecular weight is 251 g/mol. The minimum Gasteiger partial charge on any atom is -0.466 e. The first kappa shape index (κ1) is 13.1. The normalized spacial score (nSPS) is 21.9. The average Bonchev–Trinajstić information content (AvgIpc) is 2.90. The van der Waals surface area contributed by atoms with Crippen molar-refractivity contribution in [3.8, 4) is 0 Å². The Balaban J connectivity index is 1.64. The van der Waals surface area contributed by atoms with Crippen LogP contribution < -0.4 is 5.32 Å². The molecule has 1 aliphatic rings. The van der Waals surface area contributed by atoms with Crippen LogP contribution in [-0.4, -0.2) is 19.1 Å². The van der Waals surface area contributed by atoms with Gasteiger partial charge in [0.2, 0.25) is 0 Å². The summed E-state index contributed by atoms with van der Waals surface area (Å²) in [4.78, 5) is 11.1. The van der Waals surface area contributed by atoms with E-state index < -0.39 is 0 Å². The zero-order valence-corrected chi connectivity index (χ0v) is 11.1. The zero-order chi connectivity index (χ0) is 13.0. The van der Waals surface area contributed by atoms with Gasteiger partial charge in [-0.2, -0.15) is 0 Å². The summed E-state index contributed by atoms with van der Waals surface area (Å²) >= 11 is 0. The fourth-order valence-electron chi connectivity index (χ4n) is 2.04. The third kappa shape index (κ3) is 3.60. The summed E-state index contributed by atoms with van der Waals surface area (Å²) in [6.07, 6.45) is 1.64. The fraction of sp³-hybridized carbons (Fsp3) is 0.643. The van der Waals surface area contributed by atoms with Gasteiger partial charge >= 0.3 is 5.97 Å². The van der Waals surface area contributed by atoms with Crippen LogP contribution in [0.3, 0.4) is 0 Å². The monoisotopic (exact) mass is 251 g/mol. The van der Waals surface area contributed by atoms with Crippen LogP contribution in [-0.2, 0) is 16.1 Å². The molecule has 1 aromatic heterocycles. The Morgan fingerprint density at radius 1 is 1.56 bits per heavy atom. The van der Waals surface area contributed by atoms with Crippen LogP contribution in [0.1, 0.15) is 44.1 Å². The molecule has 2 unspecified atom stereocenters. The third-order valence-electron chi connectivity index (χ3n) is 3.27. The smallest absolute Gasteiger partial charge is 0.307 e. The van der Waals surface area contributed by atoms with Gasteiger partial charge in [-0.3, -0.25) is 4.79 Å². The van der Waals surface area contributed by atoms with E-state index in [1.165, 1.54) is 6.42 Å². The molecule has 4 heteroatoms. The highest BCUT2D eigenvalue weighted by Crippen LogP contribution is 2.47. The molecule has 1 N–H and O–H groups in total. The second-order valence-corrected chi connectivity index (χ2v) is 4.86. The number of esters is 1. The van der Waals surface area contributed by atoms with Crippen LogP contribution in [0.2, 0.25) is 0 Å². The summed E-state index contributed by atoms with van der Waals surface area (Å²) in [6, 6.07) is 4.08. The van der Waals surface area contributed by atoms with E-state index in [1.54, 1.807) is 0 Å². The molecule has 1 aliphatic carbocycles. The van der Waals surface area contributed by atoms with E-state index in [9.17, 15) is 4.79 Å². The van der Waals surface area contributed by atoms with Crippen molar-refractivity contribution in [1.29, 1.82) is 0 Å². The molecule has 1 aromatic rings. The van der Waals surface area contributed by atoms with E-state index in [4.69, 9.17) is 9.15 Å². The summed E-state index contributed by atoms with van der Waals surface area (Å²) in [6.45, 7) is 5.79. The lowest BCUT2D eigenvalue weighted by Crippen LogP contribution is -2.18. The highest BCUT2D eigenvalue weighted by molar-refractivity contribution is 5.69. The molecule has 4 nitrogen and oxygen atoms in total. The van der Waals surface area contributed by atoms with Crippen LogP contribution in [0.15, 0.2) is 16.5 Å². The Morgan fingerprint density at radius 2 is 2.33 bits per heavy atom. The summed E-state index contributed by atoms with van der Waals surface area (Å²) < 4.78 is 10.6. The minimum absolute atomic E-state index is 0.156. The Kier molecular flexibility index (Phi) is 4.42. The van der Waals surface area contributed by atoms with Crippen molar-refractivity contribution in [2.45, 2.75) is 39.2 Å². The number of hydrogen-bond donors (Lipinski definition) is 1. The van der Waals surface area contributed by atoms with Gasteiger partial charge in [-0.05, 0) is 31.4 Å². The number of rotatable bonds is 7. The van der Waals surface area contributed by atoms with Crippen molar-refractivity contribution >= 4 is 5.97 Å².